The summed E-state index contributed by atoms with van der Waals surface area (Å²) < 4.78 is 5.59. The fourth-order valence-electron chi connectivity index (χ4n) is 3.23. The van der Waals surface area contributed by atoms with E-state index in [4.69, 9.17) is 4.74 Å². The minimum absolute atomic E-state index is 0.0272. The first kappa shape index (κ1) is 19.3. The van der Waals surface area contributed by atoms with Gasteiger partial charge in [0.15, 0.2) is 0 Å². The molecule has 1 aromatic carbocycles. The Morgan fingerprint density at radius 3 is 2.52 bits per heavy atom. The van der Waals surface area contributed by atoms with E-state index in [1.165, 1.54) is 0 Å². The zero-order valence-corrected chi connectivity index (χ0v) is 16.4. The number of hydrogen-bond donors (Lipinski definition) is 1. The standard InChI is InChI=1S/C20H30N2O3/c1-8-14-11-16-17(12-15(14)13(2)21-24)22(10-9-20(16,6)7)18(23)25-19(3,4)5/h11-12,24H,8-10H2,1-7H3/b21-13-. The first-order valence-corrected chi connectivity index (χ1v) is 8.87. The average molecular weight is 346 g/mol. The number of carbonyl (C=O) groups excluding carboxylic acids is 1. The van der Waals surface area contributed by atoms with Crippen LogP contribution < -0.4 is 4.90 Å². The zero-order chi connectivity index (χ0) is 19.0. The summed E-state index contributed by atoms with van der Waals surface area (Å²) in [6, 6.07) is 4.12. The molecular weight excluding hydrogens is 316 g/mol. The number of aryl methyl sites for hydroxylation is 1. The Bertz CT molecular complexity index is 700. The second-order valence-corrected chi connectivity index (χ2v) is 8.33. The Balaban J connectivity index is 2.60. The molecule has 0 atom stereocenters. The van der Waals surface area contributed by atoms with Crippen LogP contribution in [0.3, 0.4) is 0 Å². The van der Waals surface area contributed by atoms with Crippen LogP contribution >= 0.6 is 0 Å². The summed E-state index contributed by atoms with van der Waals surface area (Å²) in [4.78, 5) is 14.4. The monoisotopic (exact) mass is 346 g/mol. The van der Waals surface area contributed by atoms with Crippen molar-refractivity contribution in [2.24, 2.45) is 5.16 Å². The SMILES string of the molecule is CCc1cc2c(cc1/C(C)=N\O)N(C(=O)OC(C)(C)C)CCC2(C)C. The summed E-state index contributed by atoms with van der Waals surface area (Å²) in [6.07, 6.45) is 1.37. The first-order chi connectivity index (χ1) is 11.5. The van der Waals surface area contributed by atoms with Gasteiger partial charge in [-0.15, -0.1) is 0 Å². The quantitative estimate of drug-likeness (QED) is 0.472. The Kier molecular flexibility index (Phi) is 5.17. The highest BCUT2D eigenvalue weighted by Crippen LogP contribution is 2.42. The summed E-state index contributed by atoms with van der Waals surface area (Å²) in [5.74, 6) is 0. The number of amides is 1. The third kappa shape index (κ3) is 3.97. The lowest BCUT2D eigenvalue weighted by Gasteiger charge is -2.40. The van der Waals surface area contributed by atoms with E-state index in [1.807, 2.05) is 26.8 Å². The van der Waals surface area contributed by atoms with Gasteiger partial charge in [0.25, 0.3) is 0 Å². The molecule has 1 amide bonds. The largest absolute Gasteiger partial charge is 0.443 e. The Morgan fingerprint density at radius 1 is 1.36 bits per heavy atom. The molecule has 5 nitrogen and oxygen atoms in total. The summed E-state index contributed by atoms with van der Waals surface area (Å²) in [5.41, 5.74) is 3.95. The normalized spacial score (nSPS) is 17.2. The summed E-state index contributed by atoms with van der Waals surface area (Å²) >= 11 is 0. The van der Waals surface area contributed by atoms with Crippen molar-refractivity contribution < 1.29 is 14.7 Å². The zero-order valence-electron chi connectivity index (χ0n) is 16.4. The van der Waals surface area contributed by atoms with Crippen molar-refractivity contribution in [1.29, 1.82) is 0 Å². The lowest BCUT2D eigenvalue weighted by Crippen LogP contribution is -2.43. The predicted octanol–water partition coefficient (Wildman–Crippen LogP) is 4.87. The fourth-order valence-corrected chi connectivity index (χ4v) is 3.23. The van der Waals surface area contributed by atoms with E-state index in [1.54, 1.807) is 11.8 Å². The number of fused-ring (bicyclic) bond motifs is 1. The van der Waals surface area contributed by atoms with E-state index in [-0.39, 0.29) is 11.5 Å². The van der Waals surface area contributed by atoms with Gasteiger partial charge in [-0.25, -0.2) is 4.79 Å². The summed E-state index contributed by atoms with van der Waals surface area (Å²) in [7, 11) is 0. The Hall–Kier alpha value is -2.04. The van der Waals surface area contributed by atoms with Gasteiger partial charge < -0.3 is 9.94 Å². The molecule has 0 aromatic heterocycles. The van der Waals surface area contributed by atoms with Crippen molar-refractivity contribution in [1.82, 2.24) is 0 Å². The topological polar surface area (TPSA) is 62.1 Å². The molecule has 0 radical (unpaired) electrons. The number of nitrogens with zero attached hydrogens (tertiary/aromatic N) is 2. The van der Waals surface area contributed by atoms with Gasteiger partial charge in [0.05, 0.1) is 11.4 Å². The molecule has 1 aliphatic rings. The lowest BCUT2D eigenvalue weighted by atomic mass is 9.76. The van der Waals surface area contributed by atoms with E-state index >= 15 is 0 Å². The van der Waals surface area contributed by atoms with Crippen molar-refractivity contribution in [3.05, 3.63) is 28.8 Å². The minimum Gasteiger partial charge on any atom is -0.443 e. The van der Waals surface area contributed by atoms with Crippen molar-refractivity contribution in [2.45, 2.75) is 72.3 Å². The van der Waals surface area contributed by atoms with Gasteiger partial charge >= 0.3 is 6.09 Å². The molecule has 0 fully saturated rings. The number of benzene rings is 1. The molecule has 1 aliphatic heterocycles. The summed E-state index contributed by atoms with van der Waals surface area (Å²) in [5, 5.41) is 12.6. The highest BCUT2D eigenvalue weighted by Gasteiger charge is 2.36. The van der Waals surface area contributed by atoms with Gasteiger partial charge in [0.1, 0.15) is 5.60 Å². The number of carbonyl (C=O) groups is 1. The van der Waals surface area contributed by atoms with Crippen molar-refractivity contribution in [3.63, 3.8) is 0 Å². The molecule has 0 spiro atoms. The van der Waals surface area contributed by atoms with E-state index in [2.05, 4.69) is 32.0 Å². The second-order valence-electron chi connectivity index (χ2n) is 8.33. The highest BCUT2D eigenvalue weighted by atomic mass is 16.6. The van der Waals surface area contributed by atoms with Crippen LogP contribution in [-0.4, -0.2) is 29.2 Å². The molecule has 25 heavy (non-hydrogen) atoms. The van der Waals surface area contributed by atoms with E-state index in [0.29, 0.717) is 12.3 Å². The van der Waals surface area contributed by atoms with E-state index in [9.17, 15) is 10.0 Å². The van der Waals surface area contributed by atoms with Gasteiger partial charge in [0, 0.05) is 12.1 Å². The maximum absolute atomic E-state index is 12.7. The molecule has 0 saturated heterocycles. The molecule has 0 unspecified atom stereocenters. The number of oxime groups is 1. The molecule has 1 heterocycles. The molecule has 2 rings (SSSR count). The molecule has 0 aliphatic carbocycles. The fraction of sp³-hybridized carbons (Fsp3) is 0.600. The maximum atomic E-state index is 12.7. The summed E-state index contributed by atoms with van der Waals surface area (Å²) in [6.45, 7) is 14.5. The second kappa shape index (κ2) is 6.70. The Morgan fingerprint density at radius 2 is 2.00 bits per heavy atom. The van der Waals surface area contributed by atoms with Crippen molar-refractivity contribution >= 4 is 17.5 Å². The van der Waals surface area contributed by atoms with Crippen LogP contribution in [0.1, 0.15) is 71.6 Å². The van der Waals surface area contributed by atoms with Gasteiger partial charge in [-0.2, -0.15) is 0 Å². The molecule has 1 N–H and O–H groups in total. The van der Waals surface area contributed by atoms with E-state index in [0.717, 1.165) is 35.2 Å². The van der Waals surface area contributed by atoms with Crippen molar-refractivity contribution in [2.75, 3.05) is 11.4 Å². The maximum Gasteiger partial charge on any atom is 0.414 e. The minimum atomic E-state index is -0.543. The number of ether oxygens (including phenoxy) is 1. The molecule has 5 heteroatoms. The number of hydrogen-bond acceptors (Lipinski definition) is 4. The average Bonchev–Trinajstić information content (AvgIpc) is 2.51. The highest BCUT2D eigenvalue weighted by molar-refractivity contribution is 6.02. The first-order valence-electron chi connectivity index (χ1n) is 8.87. The van der Waals surface area contributed by atoms with Crippen LogP contribution in [0.5, 0.6) is 0 Å². The molecule has 138 valence electrons. The Labute approximate surface area is 150 Å². The van der Waals surface area contributed by atoms with Crippen LogP contribution in [0.25, 0.3) is 0 Å². The van der Waals surface area contributed by atoms with Crippen LogP contribution in [-0.2, 0) is 16.6 Å². The van der Waals surface area contributed by atoms with Crippen molar-refractivity contribution in [3.8, 4) is 0 Å². The lowest BCUT2D eigenvalue weighted by molar-refractivity contribution is 0.0574. The smallest absolute Gasteiger partial charge is 0.414 e. The van der Waals surface area contributed by atoms with Crippen LogP contribution in [0.2, 0.25) is 0 Å². The van der Waals surface area contributed by atoms with Gasteiger partial charge in [-0.3, -0.25) is 4.90 Å². The van der Waals surface area contributed by atoms with Crippen LogP contribution in [0, 0.1) is 0 Å². The number of anilines is 1. The van der Waals surface area contributed by atoms with Gasteiger partial charge in [-0.1, -0.05) is 32.0 Å². The molecule has 0 saturated carbocycles. The van der Waals surface area contributed by atoms with Gasteiger partial charge in [0.2, 0.25) is 0 Å². The van der Waals surface area contributed by atoms with E-state index < -0.39 is 5.60 Å². The third-order valence-electron chi connectivity index (χ3n) is 4.74. The predicted molar refractivity (Wildman–Crippen MR) is 101 cm³/mol. The molecular formula is C20H30N2O3. The molecule has 1 aromatic rings. The number of rotatable bonds is 2. The van der Waals surface area contributed by atoms with Crippen LogP contribution in [0.15, 0.2) is 17.3 Å². The van der Waals surface area contributed by atoms with Crippen LogP contribution in [0.4, 0.5) is 10.5 Å². The molecule has 0 bridgehead atoms. The van der Waals surface area contributed by atoms with Gasteiger partial charge in [-0.05, 0) is 63.1 Å². The third-order valence-corrected chi connectivity index (χ3v) is 4.74.